The number of carbonyl (C=O) groups is 1. The van der Waals surface area contributed by atoms with Gasteiger partial charge in [0, 0.05) is 25.0 Å². The standard InChI is InChI=1S/C21H22N6O3/c1-21(26-18(29)14-6-5-9-23-19(14)30-2)8-3-4-11-27-17(28)12-16(25-20(21)27)15-7-10-22-13-24-15/h5-7,9-10,12-13H,3-4,8,11H2,1-2H3,(H,26,29). The number of rotatable bonds is 4. The Morgan fingerprint density at radius 2 is 2.07 bits per heavy atom. The number of amides is 1. The van der Waals surface area contributed by atoms with Gasteiger partial charge in [0.25, 0.3) is 11.5 Å². The third kappa shape index (κ3) is 3.66. The van der Waals surface area contributed by atoms with Crippen LogP contribution in [0.4, 0.5) is 0 Å². The van der Waals surface area contributed by atoms with E-state index in [-0.39, 0.29) is 17.3 Å². The Balaban J connectivity index is 1.79. The van der Waals surface area contributed by atoms with Crippen molar-refractivity contribution in [3.05, 3.63) is 64.7 Å². The van der Waals surface area contributed by atoms with E-state index in [1.807, 2.05) is 6.92 Å². The predicted molar refractivity (Wildman–Crippen MR) is 109 cm³/mol. The number of fused-ring (bicyclic) bond motifs is 1. The van der Waals surface area contributed by atoms with Gasteiger partial charge in [0.2, 0.25) is 5.88 Å². The number of aromatic nitrogens is 5. The monoisotopic (exact) mass is 406 g/mol. The topological polar surface area (TPSA) is 112 Å². The van der Waals surface area contributed by atoms with Crippen molar-refractivity contribution in [2.24, 2.45) is 0 Å². The summed E-state index contributed by atoms with van der Waals surface area (Å²) in [7, 11) is 1.47. The van der Waals surface area contributed by atoms with Gasteiger partial charge in [0.1, 0.15) is 17.7 Å². The minimum Gasteiger partial charge on any atom is -0.480 e. The Hall–Kier alpha value is -3.62. The third-order valence-corrected chi connectivity index (χ3v) is 5.25. The van der Waals surface area contributed by atoms with Crippen molar-refractivity contribution >= 4 is 5.91 Å². The lowest BCUT2D eigenvalue weighted by Gasteiger charge is -2.30. The molecule has 0 aromatic carbocycles. The largest absolute Gasteiger partial charge is 0.480 e. The smallest absolute Gasteiger partial charge is 0.257 e. The van der Waals surface area contributed by atoms with Crippen LogP contribution in [0.1, 0.15) is 42.4 Å². The molecule has 0 radical (unpaired) electrons. The summed E-state index contributed by atoms with van der Waals surface area (Å²) >= 11 is 0. The number of carbonyl (C=O) groups excluding carboxylic acids is 1. The van der Waals surface area contributed by atoms with Gasteiger partial charge in [0.15, 0.2) is 0 Å². The van der Waals surface area contributed by atoms with Crippen LogP contribution in [0.25, 0.3) is 11.4 Å². The molecule has 0 fully saturated rings. The van der Waals surface area contributed by atoms with Crippen molar-refractivity contribution in [2.75, 3.05) is 7.11 Å². The molecule has 1 N–H and O–H groups in total. The summed E-state index contributed by atoms with van der Waals surface area (Å²) in [6.07, 6.45) is 6.88. The Bertz CT molecular complexity index is 1130. The van der Waals surface area contributed by atoms with E-state index in [1.165, 1.54) is 19.5 Å². The lowest BCUT2D eigenvalue weighted by Crippen LogP contribution is -2.47. The molecule has 4 heterocycles. The molecule has 3 aromatic rings. The summed E-state index contributed by atoms with van der Waals surface area (Å²) in [5, 5.41) is 3.07. The quantitative estimate of drug-likeness (QED) is 0.704. The summed E-state index contributed by atoms with van der Waals surface area (Å²) < 4.78 is 6.86. The first kappa shape index (κ1) is 19.7. The SMILES string of the molecule is COc1ncccc1C(=O)NC1(C)CCCCn2c1nc(-c1ccncn1)cc2=O. The second-order valence-electron chi connectivity index (χ2n) is 7.35. The molecule has 3 aromatic heterocycles. The summed E-state index contributed by atoms with van der Waals surface area (Å²) in [5.74, 6) is 0.419. The summed E-state index contributed by atoms with van der Waals surface area (Å²) in [4.78, 5) is 43.0. The zero-order valence-electron chi connectivity index (χ0n) is 16.8. The molecule has 9 heteroatoms. The number of pyridine rings is 1. The van der Waals surface area contributed by atoms with Gasteiger partial charge in [-0.15, -0.1) is 0 Å². The number of nitrogens with one attached hydrogen (secondary N) is 1. The van der Waals surface area contributed by atoms with Crippen LogP contribution < -0.4 is 15.6 Å². The summed E-state index contributed by atoms with van der Waals surface area (Å²) in [6, 6.07) is 6.51. The molecule has 0 aliphatic carbocycles. The van der Waals surface area contributed by atoms with Crippen molar-refractivity contribution in [1.82, 2.24) is 29.8 Å². The normalized spacial score (nSPS) is 18.2. The Morgan fingerprint density at radius 1 is 1.20 bits per heavy atom. The molecule has 30 heavy (non-hydrogen) atoms. The molecular formula is C21H22N6O3. The van der Waals surface area contributed by atoms with Crippen LogP contribution in [0.5, 0.6) is 5.88 Å². The second kappa shape index (κ2) is 8.02. The third-order valence-electron chi connectivity index (χ3n) is 5.25. The van der Waals surface area contributed by atoms with Crippen LogP contribution in [0.2, 0.25) is 0 Å². The molecule has 1 amide bonds. The lowest BCUT2D eigenvalue weighted by atomic mass is 9.94. The molecule has 1 aliphatic rings. The van der Waals surface area contributed by atoms with Crippen LogP contribution in [0, 0.1) is 0 Å². The average Bonchev–Trinajstić information content (AvgIpc) is 2.93. The highest BCUT2D eigenvalue weighted by molar-refractivity contribution is 5.96. The van der Waals surface area contributed by atoms with Crippen LogP contribution in [0.3, 0.4) is 0 Å². The first-order valence-electron chi connectivity index (χ1n) is 9.72. The van der Waals surface area contributed by atoms with Gasteiger partial charge in [-0.05, 0) is 44.4 Å². The van der Waals surface area contributed by atoms with E-state index in [9.17, 15) is 9.59 Å². The fourth-order valence-electron chi connectivity index (χ4n) is 3.74. The van der Waals surface area contributed by atoms with Gasteiger partial charge < -0.3 is 10.1 Å². The molecule has 0 saturated heterocycles. The molecule has 1 aliphatic heterocycles. The molecule has 0 spiro atoms. The van der Waals surface area contributed by atoms with Crippen molar-refractivity contribution in [1.29, 1.82) is 0 Å². The molecule has 0 saturated carbocycles. The summed E-state index contributed by atoms with van der Waals surface area (Å²) in [6.45, 7) is 2.44. The van der Waals surface area contributed by atoms with Gasteiger partial charge in [0.05, 0.1) is 24.0 Å². The number of hydrogen-bond donors (Lipinski definition) is 1. The Labute approximate surface area is 173 Å². The molecule has 1 unspecified atom stereocenters. The van der Waals surface area contributed by atoms with Crippen molar-refractivity contribution in [3.63, 3.8) is 0 Å². The van der Waals surface area contributed by atoms with E-state index in [0.717, 1.165) is 12.8 Å². The van der Waals surface area contributed by atoms with Gasteiger partial charge in [-0.1, -0.05) is 0 Å². The second-order valence-corrected chi connectivity index (χ2v) is 7.35. The highest BCUT2D eigenvalue weighted by Crippen LogP contribution is 2.30. The van der Waals surface area contributed by atoms with Gasteiger partial charge >= 0.3 is 0 Å². The predicted octanol–water partition coefficient (Wildman–Crippen LogP) is 1.93. The molecule has 154 valence electrons. The van der Waals surface area contributed by atoms with E-state index in [0.29, 0.717) is 35.7 Å². The van der Waals surface area contributed by atoms with E-state index in [4.69, 9.17) is 9.72 Å². The minimum absolute atomic E-state index is 0.171. The maximum Gasteiger partial charge on any atom is 0.257 e. The zero-order chi connectivity index (χ0) is 21.1. The van der Waals surface area contributed by atoms with Crippen molar-refractivity contribution in [2.45, 2.75) is 38.3 Å². The molecule has 9 nitrogen and oxygen atoms in total. The maximum absolute atomic E-state index is 13.1. The molecule has 0 bridgehead atoms. The molecule has 4 rings (SSSR count). The van der Waals surface area contributed by atoms with Crippen molar-refractivity contribution in [3.8, 4) is 17.3 Å². The van der Waals surface area contributed by atoms with Crippen LogP contribution in [-0.4, -0.2) is 37.5 Å². The van der Waals surface area contributed by atoms with Gasteiger partial charge in [-0.3, -0.25) is 14.2 Å². The Morgan fingerprint density at radius 3 is 2.83 bits per heavy atom. The number of ether oxygens (including phenoxy) is 1. The van der Waals surface area contributed by atoms with Gasteiger partial charge in [-0.25, -0.2) is 19.9 Å². The van der Waals surface area contributed by atoms with E-state index < -0.39 is 5.54 Å². The van der Waals surface area contributed by atoms with Crippen molar-refractivity contribution < 1.29 is 9.53 Å². The van der Waals surface area contributed by atoms with E-state index in [2.05, 4.69) is 20.3 Å². The van der Waals surface area contributed by atoms with Crippen LogP contribution in [0.15, 0.2) is 47.8 Å². The average molecular weight is 406 g/mol. The zero-order valence-corrected chi connectivity index (χ0v) is 16.8. The highest BCUT2D eigenvalue weighted by atomic mass is 16.5. The highest BCUT2D eigenvalue weighted by Gasteiger charge is 2.36. The van der Waals surface area contributed by atoms with Gasteiger partial charge in [-0.2, -0.15) is 0 Å². The fourth-order valence-corrected chi connectivity index (χ4v) is 3.74. The Kier molecular flexibility index (Phi) is 5.26. The first-order chi connectivity index (χ1) is 14.5. The van der Waals surface area contributed by atoms with Crippen LogP contribution >= 0.6 is 0 Å². The number of hydrogen-bond acceptors (Lipinski definition) is 7. The number of nitrogens with zero attached hydrogens (tertiary/aromatic N) is 5. The lowest BCUT2D eigenvalue weighted by molar-refractivity contribution is 0.0890. The van der Waals surface area contributed by atoms with E-state index in [1.54, 1.807) is 35.2 Å². The molecule has 1 atom stereocenters. The number of methoxy groups -OCH3 is 1. The minimum atomic E-state index is -0.851. The maximum atomic E-state index is 13.1. The fraction of sp³-hybridized carbons (Fsp3) is 0.333. The first-order valence-corrected chi connectivity index (χ1v) is 9.72. The molecular weight excluding hydrogens is 384 g/mol. The van der Waals surface area contributed by atoms with Crippen LogP contribution in [-0.2, 0) is 12.1 Å². The van der Waals surface area contributed by atoms with E-state index >= 15 is 0 Å². The summed E-state index contributed by atoms with van der Waals surface area (Å²) in [5.41, 5.74) is 0.310.